The molecule has 10 heteroatoms. The van der Waals surface area contributed by atoms with E-state index in [1.807, 2.05) is 0 Å². The summed E-state index contributed by atoms with van der Waals surface area (Å²) in [5.74, 6) is -0.281. The smallest absolute Gasteiger partial charge is 0.243 e. The summed E-state index contributed by atoms with van der Waals surface area (Å²) in [4.78, 5) is 12.3. The summed E-state index contributed by atoms with van der Waals surface area (Å²) in [6.45, 7) is -0.347. The molecule has 0 spiro atoms. The van der Waals surface area contributed by atoms with Crippen molar-refractivity contribution in [2.24, 2.45) is 0 Å². The predicted molar refractivity (Wildman–Crippen MR) is 95.6 cm³/mol. The molecule has 130 valence electrons. The second-order valence-corrected chi connectivity index (χ2v) is 8.18. The van der Waals surface area contributed by atoms with Crippen molar-refractivity contribution < 1.29 is 13.2 Å². The molecule has 2 heterocycles. The number of nitrogens with one attached hydrogen (secondary N) is 1. The third kappa shape index (κ3) is 3.70. The molecule has 0 fully saturated rings. The topological polar surface area (TPSA) is 96.7 Å². The van der Waals surface area contributed by atoms with Gasteiger partial charge in [-0.3, -0.25) is 14.5 Å². The molecule has 0 atom stereocenters. The Morgan fingerprint density at radius 3 is 2.64 bits per heavy atom. The molecule has 0 aliphatic carbocycles. The maximum atomic E-state index is 12.5. The van der Waals surface area contributed by atoms with Crippen LogP contribution in [0.1, 0.15) is 0 Å². The van der Waals surface area contributed by atoms with Crippen LogP contribution in [0.5, 0.6) is 0 Å². The summed E-state index contributed by atoms with van der Waals surface area (Å²) in [6, 6.07) is 11.5. The normalized spacial score (nSPS) is 11.8. The first-order valence-electron chi connectivity index (χ1n) is 7.19. The Balaban J connectivity index is 1.73. The lowest BCUT2D eigenvalue weighted by molar-refractivity contribution is -0.116. The Morgan fingerprint density at radius 1 is 1.20 bits per heavy atom. The molecule has 0 saturated heterocycles. The molecule has 0 aliphatic rings. The summed E-state index contributed by atoms with van der Waals surface area (Å²) < 4.78 is 28.3. The van der Waals surface area contributed by atoms with E-state index in [4.69, 9.17) is 0 Å². The van der Waals surface area contributed by atoms with Gasteiger partial charge in [0.2, 0.25) is 21.9 Å². The quantitative estimate of drug-likeness (QED) is 0.673. The summed E-state index contributed by atoms with van der Waals surface area (Å²) in [5, 5.41) is 10.4. The van der Waals surface area contributed by atoms with Gasteiger partial charge < -0.3 is 0 Å². The van der Waals surface area contributed by atoms with Crippen LogP contribution in [0.25, 0.3) is 5.65 Å². The summed E-state index contributed by atoms with van der Waals surface area (Å²) in [6.07, 6.45) is 1.70. The van der Waals surface area contributed by atoms with Crippen molar-refractivity contribution in [2.75, 3.05) is 18.9 Å². The predicted octanol–water partition coefficient (Wildman–Crippen LogP) is 1.75. The van der Waals surface area contributed by atoms with Gasteiger partial charge >= 0.3 is 0 Å². The van der Waals surface area contributed by atoms with Gasteiger partial charge in [-0.2, -0.15) is 4.31 Å². The minimum absolute atomic E-state index is 0.110. The Bertz CT molecular complexity index is 1020. The maximum absolute atomic E-state index is 12.5. The van der Waals surface area contributed by atoms with Crippen LogP contribution in [0.4, 0.5) is 5.95 Å². The second kappa shape index (κ2) is 6.90. The minimum Gasteiger partial charge on any atom is -0.293 e. The maximum Gasteiger partial charge on any atom is 0.243 e. The minimum atomic E-state index is -3.76. The van der Waals surface area contributed by atoms with E-state index in [0.29, 0.717) is 5.65 Å². The molecule has 8 nitrogen and oxygen atoms in total. The SMILES string of the molecule is CN(CC(=O)Nc1nnc2ccccn12)S(=O)(=O)c1ccc(Br)cc1. The van der Waals surface area contributed by atoms with Gasteiger partial charge in [-0.05, 0) is 36.4 Å². The average molecular weight is 424 g/mol. The highest BCUT2D eigenvalue weighted by molar-refractivity contribution is 9.10. The van der Waals surface area contributed by atoms with Gasteiger partial charge in [0.15, 0.2) is 5.65 Å². The van der Waals surface area contributed by atoms with Gasteiger partial charge in [-0.15, -0.1) is 10.2 Å². The van der Waals surface area contributed by atoms with Crippen molar-refractivity contribution in [1.82, 2.24) is 18.9 Å². The van der Waals surface area contributed by atoms with E-state index in [9.17, 15) is 13.2 Å². The molecule has 0 unspecified atom stereocenters. The van der Waals surface area contributed by atoms with Gasteiger partial charge in [0.05, 0.1) is 11.4 Å². The van der Waals surface area contributed by atoms with Crippen molar-refractivity contribution in [2.45, 2.75) is 4.90 Å². The molecule has 0 radical (unpaired) electrons. The third-order valence-electron chi connectivity index (χ3n) is 3.45. The number of aromatic nitrogens is 3. The van der Waals surface area contributed by atoms with E-state index in [1.165, 1.54) is 19.2 Å². The Labute approximate surface area is 152 Å². The van der Waals surface area contributed by atoms with Gasteiger partial charge in [-0.25, -0.2) is 8.42 Å². The molecule has 2 aromatic heterocycles. The zero-order chi connectivity index (χ0) is 18.0. The number of halogens is 1. The van der Waals surface area contributed by atoms with Crippen LogP contribution in [-0.4, -0.2) is 46.8 Å². The molecule has 1 amide bonds. The average Bonchev–Trinajstić information content (AvgIpc) is 2.98. The largest absolute Gasteiger partial charge is 0.293 e. The van der Waals surface area contributed by atoms with E-state index in [2.05, 4.69) is 31.4 Å². The van der Waals surface area contributed by atoms with E-state index in [0.717, 1.165) is 8.78 Å². The van der Waals surface area contributed by atoms with Gasteiger partial charge in [-0.1, -0.05) is 22.0 Å². The number of nitrogens with zero attached hydrogens (tertiary/aromatic N) is 4. The van der Waals surface area contributed by atoms with Crippen LogP contribution in [-0.2, 0) is 14.8 Å². The van der Waals surface area contributed by atoms with Gasteiger partial charge in [0.1, 0.15) is 0 Å². The van der Waals surface area contributed by atoms with Crippen molar-refractivity contribution in [3.05, 3.63) is 53.1 Å². The lowest BCUT2D eigenvalue weighted by atomic mass is 10.4. The van der Waals surface area contributed by atoms with Crippen LogP contribution < -0.4 is 5.32 Å². The zero-order valence-electron chi connectivity index (χ0n) is 13.1. The van der Waals surface area contributed by atoms with Crippen LogP contribution >= 0.6 is 15.9 Å². The number of pyridine rings is 1. The number of hydrogen-bond donors (Lipinski definition) is 1. The number of benzene rings is 1. The molecule has 0 aliphatic heterocycles. The fraction of sp³-hybridized carbons (Fsp3) is 0.133. The molecule has 1 aromatic carbocycles. The van der Waals surface area contributed by atoms with E-state index < -0.39 is 15.9 Å². The number of carbonyl (C=O) groups is 1. The zero-order valence-corrected chi connectivity index (χ0v) is 15.5. The highest BCUT2D eigenvalue weighted by Gasteiger charge is 2.23. The van der Waals surface area contributed by atoms with Crippen LogP contribution in [0.2, 0.25) is 0 Å². The van der Waals surface area contributed by atoms with E-state index >= 15 is 0 Å². The second-order valence-electron chi connectivity index (χ2n) is 5.22. The van der Waals surface area contributed by atoms with Crippen LogP contribution in [0, 0.1) is 0 Å². The Hall–Kier alpha value is -2.30. The first-order chi connectivity index (χ1) is 11.9. The number of fused-ring (bicyclic) bond motifs is 1. The molecular formula is C15H14BrN5O3S. The molecule has 1 N–H and O–H groups in total. The number of hydrogen-bond acceptors (Lipinski definition) is 5. The molecular weight excluding hydrogens is 410 g/mol. The van der Waals surface area contributed by atoms with Crippen molar-refractivity contribution >= 4 is 43.5 Å². The first kappa shape index (κ1) is 17.5. The molecule has 0 bridgehead atoms. The van der Waals surface area contributed by atoms with Crippen LogP contribution in [0.15, 0.2) is 58.0 Å². The summed E-state index contributed by atoms with van der Waals surface area (Å²) in [5.41, 5.74) is 0.577. The van der Waals surface area contributed by atoms with Crippen LogP contribution in [0.3, 0.4) is 0 Å². The number of sulfonamides is 1. The van der Waals surface area contributed by atoms with Crippen molar-refractivity contribution in [3.8, 4) is 0 Å². The number of anilines is 1. The number of carbonyl (C=O) groups excluding carboxylic acids is 1. The molecule has 3 aromatic rings. The fourth-order valence-corrected chi connectivity index (χ4v) is 3.56. The van der Waals surface area contributed by atoms with Crippen molar-refractivity contribution in [1.29, 1.82) is 0 Å². The molecule has 0 saturated carbocycles. The van der Waals surface area contributed by atoms with E-state index in [1.54, 1.807) is 40.9 Å². The van der Waals surface area contributed by atoms with Gasteiger partial charge in [0.25, 0.3) is 0 Å². The lowest BCUT2D eigenvalue weighted by Gasteiger charge is -2.16. The highest BCUT2D eigenvalue weighted by Crippen LogP contribution is 2.18. The molecule has 3 rings (SSSR count). The Kier molecular flexibility index (Phi) is 4.84. The van der Waals surface area contributed by atoms with Gasteiger partial charge in [0, 0.05) is 17.7 Å². The first-order valence-corrected chi connectivity index (χ1v) is 9.43. The van der Waals surface area contributed by atoms with E-state index in [-0.39, 0.29) is 17.4 Å². The number of likely N-dealkylation sites (N-methyl/N-ethyl adjacent to an activating group) is 1. The molecule has 25 heavy (non-hydrogen) atoms. The highest BCUT2D eigenvalue weighted by atomic mass is 79.9. The lowest BCUT2D eigenvalue weighted by Crippen LogP contribution is -2.35. The van der Waals surface area contributed by atoms with Crippen molar-refractivity contribution in [3.63, 3.8) is 0 Å². The summed E-state index contributed by atoms with van der Waals surface area (Å²) >= 11 is 3.25. The third-order valence-corrected chi connectivity index (χ3v) is 5.80. The number of amides is 1. The number of rotatable bonds is 5. The standard InChI is InChI=1S/C15H14BrN5O3S/c1-20(25(23,24)12-7-5-11(16)6-8-12)10-14(22)17-15-19-18-13-4-2-3-9-21(13)15/h2-9H,10H2,1H3,(H,17,19,22). The monoisotopic (exact) mass is 423 g/mol. The summed E-state index contributed by atoms with van der Waals surface area (Å²) in [7, 11) is -2.42. The fourth-order valence-electron chi connectivity index (χ4n) is 2.16. The Morgan fingerprint density at radius 2 is 1.92 bits per heavy atom.